The SMILES string of the molecule is Cc1nc(-c2ccccc2)ncc1C(=O)Nc1ccc(Nc2nc(N(C)C)c3ccccc3n2)cc1. The van der Waals surface area contributed by atoms with E-state index in [1.807, 2.05) is 105 Å². The van der Waals surface area contributed by atoms with E-state index < -0.39 is 0 Å². The Hall–Kier alpha value is -4.85. The number of nitrogens with zero attached hydrogens (tertiary/aromatic N) is 5. The van der Waals surface area contributed by atoms with Crippen LogP contribution in [0.4, 0.5) is 23.1 Å². The van der Waals surface area contributed by atoms with Crippen molar-refractivity contribution in [2.75, 3.05) is 29.6 Å². The molecule has 0 bridgehead atoms. The van der Waals surface area contributed by atoms with Gasteiger partial charge in [-0.25, -0.2) is 15.0 Å². The number of benzene rings is 3. The molecule has 0 fully saturated rings. The standard InChI is InChI=1S/C28H25N7O/c1-18-23(17-29-25(30-18)19-9-5-4-6-10-19)27(36)31-20-13-15-21(16-14-20)32-28-33-24-12-8-7-11-22(24)26(34-28)35(2)3/h4-17H,1-3H3,(H,31,36)(H,32,33,34). The molecule has 0 unspecified atom stereocenters. The molecule has 2 heterocycles. The smallest absolute Gasteiger partial charge is 0.259 e. The van der Waals surface area contributed by atoms with Crippen molar-refractivity contribution in [3.05, 3.63) is 96.3 Å². The molecule has 8 nitrogen and oxygen atoms in total. The van der Waals surface area contributed by atoms with Crippen LogP contribution in [0.1, 0.15) is 16.1 Å². The molecule has 5 aromatic rings. The minimum atomic E-state index is -0.263. The maximum atomic E-state index is 12.9. The van der Waals surface area contributed by atoms with Crippen LogP contribution in [0, 0.1) is 6.92 Å². The van der Waals surface area contributed by atoms with E-state index in [4.69, 9.17) is 0 Å². The highest BCUT2D eigenvalue weighted by molar-refractivity contribution is 6.05. The van der Waals surface area contributed by atoms with E-state index in [1.54, 1.807) is 6.20 Å². The van der Waals surface area contributed by atoms with Crippen molar-refractivity contribution in [3.8, 4) is 11.4 Å². The van der Waals surface area contributed by atoms with Crippen LogP contribution >= 0.6 is 0 Å². The molecule has 2 aromatic heterocycles. The fraction of sp³-hybridized carbons (Fsp3) is 0.107. The Morgan fingerprint density at radius 2 is 1.50 bits per heavy atom. The maximum Gasteiger partial charge on any atom is 0.259 e. The van der Waals surface area contributed by atoms with Gasteiger partial charge in [-0.3, -0.25) is 4.79 Å². The number of aromatic nitrogens is 4. The van der Waals surface area contributed by atoms with Crippen molar-refractivity contribution in [1.82, 2.24) is 19.9 Å². The van der Waals surface area contributed by atoms with Gasteiger partial charge in [0.2, 0.25) is 5.95 Å². The predicted octanol–water partition coefficient (Wildman–Crippen LogP) is 5.46. The first-order valence-corrected chi connectivity index (χ1v) is 11.5. The number of rotatable bonds is 6. The number of carbonyl (C=O) groups is 1. The van der Waals surface area contributed by atoms with Crippen LogP contribution in [0.15, 0.2) is 85.1 Å². The minimum Gasteiger partial charge on any atom is -0.362 e. The molecule has 3 aromatic carbocycles. The Balaban J connectivity index is 1.30. The van der Waals surface area contributed by atoms with Crippen LogP contribution in [-0.2, 0) is 0 Å². The van der Waals surface area contributed by atoms with Gasteiger partial charge in [-0.15, -0.1) is 0 Å². The highest BCUT2D eigenvalue weighted by atomic mass is 16.1. The number of hydrogen-bond acceptors (Lipinski definition) is 7. The highest BCUT2D eigenvalue weighted by Crippen LogP contribution is 2.26. The van der Waals surface area contributed by atoms with Crippen LogP contribution < -0.4 is 15.5 Å². The van der Waals surface area contributed by atoms with Gasteiger partial charge in [0.15, 0.2) is 5.82 Å². The summed E-state index contributed by atoms with van der Waals surface area (Å²) in [5, 5.41) is 7.15. The van der Waals surface area contributed by atoms with E-state index in [2.05, 4.69) is 30.6 Å². The Morgan fingerprint density at radius 1 is 0.806 bits per heavy atom. The third-order valence-corrected chi connectivity index (χ3v) is 5.66. The Morgan fingerprint density at radius 3 is 2.22 bits per heavy atom. The topological polar surface area (TPSA) is 95.9 Å². The number of carbonyl (C=O) groups excluding carboxylic acids is 1. The number of aryl methyl sites for hydroxylation is 1. The van der Waals surface area contributed by atoms with Gasteiger partial charge in [-0.2, -0.15) is 4.98 Å². The number of para-hydroxylation sites is 1. The molecule has 0 spiro atoms. The van der Waals surface area contributed by atoms with E-state index in [0.29, 0.717) is 28.7 Å². The maximum absolute atomic E-state index is 12.9. The fourth-order valence-corrected chi connectivity index (χ4v) is 3.84. The Kier molecular flexibility index (Phi) is 6.23. The van der Waals surface area contributed by atoms with Crippen LogP contribution in [0.2, 0.25) is 0 Å². The summed E-state index contributed by atoms with van der Waals surface area (Å²) >= 11 is 0. The molecule has 0 aliphatic carbocycles. The van der Waals surface area contributed by atoms with E-state index in [-0.39, 0.29) is 5.91 Å². The third kappa shape index (κ3) is 4.83. The Bertz CT molecular complexity index is 1530. The largest absolute Gasteiger partial charge is 0.362 e. The highest BCUT2D eigenvalue weighted by Gasteiger charge is 2.14. The van der Waals surface area contributed by atoms with E-state index in [9.17, 15) is 4.79 Å². The van der Waals surface area contributed by atoms with Gasteiger partial charge < -0.3 is 15.5 Å². The van der Waals surface area contributed by atoms with Crippen molar-refractivity contribution < 1.29 is 4.79 Å². The quantitative estimate of drug-likeness (QED) is 0.337. The van der Waals surface area contributed by atoms with Crippen LogP contribution in [0.25, 0.3) is 22.3 Å². The first-order chi connectivity index (χ1) is 17.5. The zero-order chi connectivity index (χ0) is 25.1. The summed E-state index contributed by atoms with van der Waals surface area (Å²) in [5.74, 6) is 1.66. The monoisotopic (exact) mass is 475 g/mol. The summed E-state index contributed by atoms with van der Waals surface area (Å²) < 4.78 is 0. The molecule has 2 N–H and O–H groups in total. The molecule has 178 valence electrons. The van der Waals surface area contributed by atoms with Crippen molar-refractivity contribution in [1.29, 1.82) is 0 Å². The molecule has 0 saturated heterocycles. The van der Waals surface area contributed by atoms with E-state index >= 15 is 0 Å². The zero-order valence-corrected chi connectivity index (χ0v) is 20.2. The summed E-state index contributed by atoms with van der Waals surface area (Å²) in [5.41, 5.74) is 4.27. The van der Waals surface area contributed by atoms with Gasteiger partial charge in [-0.05, 0) is 43.3 Å². The lowest BCUT2D eigenvalue weighted by molar-refractivity contribution is 0.102. The van der Waals surface area contributed by atoms with Crippen molar-refractivity contribution in [2.24, 2.45) is 0 Å². The normalized spacial score (nSPS) is 10.8. The first kappa shape index (κ1) is 22.9. The summed E-state index contributed by atoms with van der Waals surface area (Å²) in [7, 11) is 3.91. The average Bonchev–Trinajstić information content (AvgIpc) is 2.89. The minimum absolute atomic E-state index is 0.263. The van der Waals surface area contributed by atoms with Gasteiger partial charge >= 0.3 is 0 Å². The lowest BCUT2D eigenvalue weighted by atomic mass is 10.1. The predicted molar refractivity (Wildman–Crippen MR) is 144 cm³/mol. The number of nitrogens with one attached hydrogen (secondary N) is 2. The first-order valence-electron chi connectivity index (χ1n) is 11.5. The number of anilines is 4. The molecule has 0 aliphatic rings. The molecule has 0 saturated carbocycles. The summed E-state index contributed by atoms with van der Waals surface area (Å²) in [6, 6.07) is 25.0. The van der Waals surface area contributed by atoms with E-state index in [1.165, 1.54) is 0 Å². The van der Waals surface area contributed by atoms with Crippen molar-refractivity contribution in [2.45, 2.75) is 6.92 Å². The second kappa shape index (κ2) is 9.79. The molecule has 0 aliphatic heterocycles. The molecule has 0 radical (unpaired) electrons. The number of amides is 1. The van der Waals surface area contributed by atoms with Gasteiger partial charge in [0, 0.05) is 42.6 Å². The molecular formula is C28H25N7O. The molecule has 8 heteroatoms. The van der Waals surface area contributed by atoms with Crippen LogP contribution in [-0.4, -0.2) is 39.9 Å². The average molecular weight is 476 g/mol. The lowest BCUT2D eigenvalue weighted by Crippen LogP contribution is -2.15. The van der Waals surface area contributed by atoms with Crippen molar-refractivity contribution >= 4 is 40.0 Å². The van der Waals surface area contributed by atoms with Gasteiger partial charge in [0.05, 0.1) is 16.8 Å². The van der Waals surface area contributed by atoms with Crippen LogP contribution in [0.5, 0.6) is 0 Å². The van der Waals surface area contributed by atoms with Gasteiger partial charge in [0.1, 0.15) is 5.82 Å². The summed E-state index contributed by atoms with van der Waals surface area (Å²) in [4.78, 5) is 33.0. The van der Waals surface area contributed by atoms with Crippen LogP contribution in [0.3, 0.4) is 0 Å². The van der Waals surface area contributed by atoms with Gasteiger partial charge in [-0.1, -0.05) is 42.5 Å². The molecule has 1 amide bonds. The van der Waals surface area contributed by atoms with Crippen molar-refractivity contribution in [3.63, 3.8) is 0 Å². The molecule has 5 rings (SSSR count). The van der Waals surface area contributed by atoms with E-state index in [0.717, 1.165) is 28.0 Å². The summed E-state index contributed by atoms with van der Waals surface area (Å²) in [6.45, 7) is 1.81. The van der Waals surface area contributed by atoms with Gasteiger partial charge in [0.25, 0.3) is 5.91 Å². The summed E-state index contributed by atoms with van der Waals surface area (Å²) in [6.07, 6.45) is 1.56. The second-order valence-electron chi connectivity index (χ2n) is 8.50. The zero-order valence-electron chi connectivity index (χ0n) is 20.2. The number of fused-ring (bicyclic) bond motifs is 1. The second-order valence-corrected chi connectivity index (χ2v) is 8.50. The lowest BCUT2D eigenvalue weighted by Gasteiger charge is -2.16. The fourth-order valence-electron chi connectivity index (χ4n) is 3.84. The molecular weight excluding hydrogens is 450 g/mol. The molecule has 0 atom stereocenters. The third-order valence-electron chi connectivity index (χ3n) is 5.66. The number of hydrogen-bond donors (Lipinski definition) is 2. The Labute approximate surface area is 209 Å². The molecule has 36 heavy (non-hydrogen) atoms.